The van der Waals surface area contributed by atoms with Gasteiger partial charge in [-0.15, -0.1) is 0 Å². The average Bonchev–Trinajstić information content (AvgIpc) is 2.04. The van der Waals surface area contributed by atoms with Crippen LogP contribution >= 0.6 is 0 Å². The van der Waals surface area contributed by atoms with Gasteiger partial charge in [-0.3, -0.25) is 0 Å². The SMILES string of the molecule is C[C@H](C[C@]1(C)CCCNC1)N(C)C. The Morgan fingerprint density at radius 2 is 2.15 bits per heavy atom. The summed E-state index contributed by atoms with van der Waals surface area (Å²) < 4.78 is 0. The first kappa shape index (κ1) is 11.0. The fourth-order valence-electron chi connectivity index (χ4n) is 2.19. The van der Waals surface area contributed by atoms with Crippen molar-refractivity contribution >= 4 is 0 Å². The van der Waals surface area contributed by atoms with Crippen LogP contribution in [0.1, 0.15) is 33.1 Å². The summed E-state index contributed by atoms with van der Waals surface area (Å²) in [7, 11) is 4.34. The van der Waals surface area contributed by atoms with Gasteiger partial charge in [0.05, 0.1) is 0 Å². The van der Waals surface area contributed by atoms with Crippen molar-refractivity contribution in [1.29, 1.82) is 0 Å². The Labute approximate surface area is 82.7 Å². The highest BCUT2D eigenvalue weighted by molar-refractivity contribution is 4.84. The monoisotopic (exact) mass is 184 g/mol. The molecule has 0 aromatic heterocycles. The Balaban J connectivity index is 2.40. The van der Waals surface area contributed by atoms with E-state index in [1.54, 1.807) is 0 Å². The highest BCUT2D eigenvalue weighted by Gasteiger charge is 2.28. The summed E-state index contributed by atoms with van der Waals surface area (Å²) in [6.45, 7) is 7.15. The Bertz CT molecular complexity index is 148. The highest BCUT2D eigenvalue weighted by Crippen LogP contribution is 2.31. The van der Waals surface area contributed by atoms with Gasteiger partial charge in [0.15, 0.2) is 0 Å². The second-order valence-corrected chi connectivity index (χ2v) is 5.11. The van der Waals surface area contributed by atoms with E-state index >= 15 is 0 Å². The van der Waals surface area contributed by atoms with Gasteiger partial charge < -0.3 is 10.2 Å². The second-order valence-electron chi connectivity index (χ2n) is 5.11. The van der Waals surface area contributed by atoms with E-state index in [-0.39, 0.29) is 0 Å². The molecule has 0 saturated carbocycles. The van der Waals surface area contributed by atoms with E-state index < -0.39 is 0 Å². The molecule has 1 rings (SSSR count). The molecule has 0 amide bonds. The van der Waals surface area contributed by atoms with E-state index in [1.165, 1.54) is 32.4 Å². The van der Waals surface area contributed by atoms with Crippen LogP contribution in [0, 0.1) is 5.41 Å². The van der Waals surface area contributed by atoms with Crippen molar-refractivity contribution in [2.45, 2.75) is 39.2 Å². The lowest BCUT2D eigenvalue weighted by Gasteiger charge is -2.37. The molecule has 1 fully saturated rings. The van der Waals surface area contributed by atoms with E-state index in [9.17, 15) is 0 Å². The molecule has 0 aromatic rings. The van der Waals surface area contributed by atoms with Crippen LogP contribution in [0.2, 0.25) is 0 Å². The predicted octanol–water partition coefficient (Wildman–Crippen LogP) is 1.72. The predicted molar refractivity (Wildman–Crippen MR) is 58.0 cm³/mol. The largest absolute Gasteiger partial charge is 0.316 e. The molecule has 0 aliphatic carbocycles. The van der Waals surface area contributed by atoms with Crippen LogP contribution in [0.3, 0.4) is 0 Å². The zero-order valence-electron chi connectivity index (χ0n) is 9.56. The Morgan fingerprint density at radius 1 is 1.46 bits per heavy atom. The molecule has 2 heteroatoms. The van der Waals surface area contributed by atoms with Crippen molar-refractivity contribution in [3.8, 4) is 0 Å². The maximum absolute atomic E-state index is 3.50. The molecule has 13 heavy (non-hydrogen) atoms. The van der Waals surface area contributed by atoms with Crippen molar-refractivity contribution < 1.29 is 0 Å². The van der Waals surface area contributed by atoms with E-state index in [0.29, 0.717) is 11.5 Å². The zero-order chi connectivity index (χ0) is 9.90. The number of piperidine rings is 1. The van der Waals surface area contributed by atoms with Gasteiger partial charge in [-0.25, -0.2) is 0 Å². The molecule has 0 aromatic carbocycles. The third-order valence-electron chi connectivity index (χ3n) is 3.36. The van der Waals surface area contributed by atoms with Crippen LogP contribution in [0.5, 0.6) is 0 Å². The molecule has 2 nitrogen and oxygen atoms in total. The van der Waals surface area contributed by atoms with E-state index in [1.807, 2.05) is 0 Å². The van der Waals surface area contributed by atoms with Gasteiger partial charge >= 0.3 is 0 Å². The molecule has 0 spiro atoms. The smallest absolute Gasteiger partial charge is 0.00665 e. The summed E-state index contributed by atoms with van der Waals surface area (Å²) in [6, 6.07) is 0.699. The fourth-order valence-corrected chi connectivity index (χ4v) is 2.19. The third-order valence-corrected chi connectivity index (χ3v) is 3.36. The minimum absolute atomic E-state index is 0.530. The third kappa shape index (κ3) is 3.28. The summed E-state index contributed by atoms with van der Waals surface area (Å²) in [4.78, 5) is 2.32. The first-order valence-corrected chi connectivity index (χ1v) is 5.41. The van der Waals surface area contributed by atoms with Crippen molar-refractivity contribution in [2.24, 2.45) is 5.41 Å². The summed E-state index contributed by atoms with van der Waals surface area (Å²) in [6.07, 6.45) is 4.04. The molecule has 0 bridgehead atoms. The number of nitrogens with one attached hydrogen (secondary N) is 1. The minimum atomic E-state index is 0.530. The van der Waals surface area contributed by atoms with Crippen LogP contribution in [0.15, 0.2) is 0 Å². The van der Waals surface area contributed by atoms with Gasteiger partial charge in [-0.1, -0.05) is 6.92 Å². The molecular weight excluding hydrogens is 160 g/mol. The van der Waals surface area contributed by atoms with Gasteiger partial charge in [0.25, 0.3) is 0 Å². The Kier molecular flexibility index (Phi) is 3.74. The molecule has 1 N–H and O–H groups in total. The van der Waals surface area contributed by atoms with Gasteiger partial charge in [0.1, 0.15) is 0 Å². The summed E-state index contributed by atoms with van der Waals surface area (Å²) in [5.41, 5.74) is 0.530. The molecule has 0 unspecified atom stereocenters. The molecule has 2 atom stereocenters. The summed E-state index contributed by atoms with van der Waals surface area (Å²) in [5.74, 6) is 0. The minimum Gasteiger partial charge on any atom is -0.316 e. The molecular formula is C11H24N2. The maximum Gasteiger partial charge on any atom is 0.00665 e. The van der Waals surface area contributed by atoms with Crippen LogP contribution in [-0.4, -0.2) is 38.1 Å². The quantitative estimate of drug-likeness (QED) is 0.718. The number of nitrogens with zero attached hydrogens (tertiary/aromatic N) is 1. The Morgan fingerprint density at radius 3 is 2.62 bits per heavy atom. The normalized spacial score (nSPS) is 32.1. The zero-order valence-corrected chi connectivity index (χ0v) is 9.56. The molecule has 1 saturated heterocycles. The molecule has 1 aliphatic heterocycles. The maximum atomic E-state index is 3.50. The standard InChI is InChI=1S/C11H24N2/c1-10(13(3)4)8-11(2)6-5-7-12-9-11/h10,12H,5-9H2,1-4H3/t10-,11+/m1/s1. The Hall–Kier alpha value is -0.0800. The van der Waals surface area contributed by atoms with Gasteiger partial charge in [-0.2, -0.15) is 0 Å². The topological polar surface area (TPSA) is 15.3 Å². The molecule has 78 valence electrons. The van der Waals surface area contributed by atoms with Crippen LogP contribution in [0.4, 0.5) is 0 Å². The van der Waals surface area contributed by atoms with Gasteiger partial charge in [-0.05, 0) is 52.2 Å². The lowest BCUT2D eigenvalue weighted by molar-refractivity contribution is 0.156. The van der Waals surface area contributed by atoms with E-state index in [2.05, 4.69) is 38.2 Å². The lowest BCUT2D eigenvalue weighted by Crippen LogP contribution is -2.42. The van der Waals surface area contributed by atoms with Crippen molar-refractivity contribution in [3.63, 3.8) is 0 Å². The van der Waals surface area contributed by atoms with Crippen molar-refractivity contribution in [2.75, 3.05) is 27.2 Å². The highest BCUT2D eigenvalue weighted by atomic mass is 15.1. The second kappa shape index (κ2) is 4.43. The number of hydrogen-bond acceptors (Lipinski definition) is 2. The first-order valence-electron chi connectivity index (χ1n) is 5.41. The summed E-state index contributed by atoms with van der Waals surface area (Å²) in [5, 5.41) is 3.50. The van der Waals surface area contributed by atoms with Crippen molar-refractivity contribution in [1.82, 2.24) is 10.2 Å². The van der Waals surface area contributed by atoms with Crippen LogP contribution < -0.4 is 5.32 Å². The fraction of sp³-hybridized carbons (Fsp3) is 1.00. The molecule has 1 heterocycles. The number of rotatable bonds is 3. The van der Waals surface area contributed by atoms with E-state index in [0.717, 1.165) is 0 Å². The van der Waals surface area contributed by atoms with Gasteiger partial charge in [0, 0.05) is 12.6 Å². The molecule has 0 radical (unpaired) electrons. The first-order chi connectivity index (χ1) is 6.03. The van der Waals surface area contributed by atoms with Crippen LogP contribution in [-0.2, 0) is 0 Å². The van der Waals surface area contributed by atoms with Crippen LogP contribution in [0.25, 0.3) is 0 Å². The van der Waals surface area contributed by atoms with Crippen molar-refractivity contribution in [3.05, 3.63) is 0 Å². The lowest BCUT2D eigenvalue weighted by atomic mass is 9.77. The molecule has 1 aliphatic rings. The summed E-state index contributed by atoms with van der Waals surface area (Å²) >= 11 is 0. The average molecular weight is 184 g/mol. The van der Waals surface area contributed by atoms with Gasteiger partial charge in [0.2, 0.25) is 0 Å². The van der Waals surface area contributed by atoms with E-state index in [4.69, 9.17) is 0 Å². The number of hydrogen-bond donors (Lipinski definition) is 1.